The van der Waals surface area contributed by atoms with Crippen molar-refractivity contribution in [2.75, 3.05) is 26.8 Å². The van der Waals surface area contributed by atoms with Gasteiger partial charge < -0.3 is 19.7 Å². The molecule has 0 bridgehead atoms. The van der Waals surface area contributed by atoms with E-state index >= 15 is 0 Å². The van der Waals surface area contributed by atoms with Crippen molar-refractivity contribution in [2.24, 2.45) is 0 Å². The van der Waals surface area contributed by atoms with Gasteiger partial charge in [-0.1, -0.05) is 24.6 Å². The Morgan fingerprint density at radius 1 is 1.11 bits per heavy atom. The molecular weight excluding hydrogens is 482 g/mol. The number of halogens is 1. The number of nitrogens with one attached hydrogen (secondary N) is 1. The Bertz CT molecular complexity index is 1110. The van der Waals surface area contributed by atoms with Crippen molar-refractivity contribution in [3.8, 4) is 5.75 Å². The third-order valence-corrected chi connectivity index (χ3v) is 7.26. The highest BCUT2D eigenvalue weighted by atomic mass is 35.5. The van der Waals surface area contributed by atoms with Crippen molar-refractivity contribution >= 4 is 29.3 Å². The summed E-state index contributed by atoms with van der Waals surface area (Å²) >= 11 is 6.07. The standard InChI is InChI=1S/C27H32ClN3O5/c1-4-18(2)29-24(32)23-17-36-27(31(23)26(34)19-8-10-22(35-3)11-9-19)12-14-30(15-13-27)25(33)20-6-5-7-21(28)16-20/h5-11,16,18,23H,4,12-15,17H2,1-3H3,(H,29,32)/t18-,23+/m1/s1. The van der Waals surface area contributed by atoms with Gasteiger partial charge >= 0.3 is 0 Å². The maximum absolute atomic E-state index is 13.8. The second-order valence-corrected chi connectivity index (χ2v) is 9.73. The van der Waals surface area contributed by atoms with Gasteiger partial charge in [-0.15, -0.1) is 0 Å². The lowest BCUT2D eigenvalue weighted by molar-refractivity contribution is -0.128. The van der Waals surface area contributed by atoms with Crippen molar-refractivity contribution in [1.82, 2.24) is 15.1 Å². The van der Waals surface area contributed by atoms with Crippen molar-refractivity contribution in [3.05, 3.63) is 64.7 Å². The minimum absolute atomic E-state index is 0.0239. The fourth-order valence-electron chi connectivity index (χ4n) is 4.74. The molecule has 0 aromatic heterocycles. The number of likely N-dealkylation sites (tertiary alicyclic amines) is 1. The van der Waals surface area contributed by atoms with E-state index in [1.807, 2.05) is 13.8 Å². The topological polar surface area (TPSA) is 88.2 Å². The molecule has 0 aliphatic carbocycles. The van der Waals surface area contributed by atoms with Gasteiger partial charge in [0, 0.05) is 48.1 Å². The van der Waals surface area contributed by atoms with E-state index in [-0.39, 0.29) is 30.4 Å². The minimum Gasteiger partial charge on any atom is -0.497 e. The summed E-state index contributed by atoms with van der Waals surface area (Å²) in [6, 6.07) is 12.9. The normalized spacial score (nSPS) is 19.7. The Labute approximate surface area is 216 Å². The summed E-state index contributed by atoms with van der Waals surface area (Å²) in [5, 5.41) is 3.49. The summed E-state index contributed by atoms with van der Waals surface area (Å²) in [6.45, 7) is 4.80. The number of hydrogen-bond donors (Lipinski definition) is 1. The predicted octanol–water partition coefficient (Wildman–Crippen LogP) is 3.74. The van der Waals surface area contributed by atoms with E-state index in [9.17, 15) is 14.4 Å². The Kier molecular flexibility index (Phi) is 7.85. The van der Waals surface area contributed by atoms with E-state index in [0.717, 1.165) is 6.42 Å². The second-order valence-electron chi connectivity index (χ2n) is 9.30. The van der Waals surface area contributed by atoms with Crippen LogP contribution in [0.2, 0.25) is 5.02 Å². The van der Waals surface area contributed by atoms with Crippen LogP contribution in [0.25, 0.3) is 0 Å². The van der Waals surface area contributed by atoms with Gasteiger partial charge in [0.2, 0.25) is 5.91 Å². The zero-order chi connectivity index (χ0) is 25.9. The van der Waals surface area contributed by atoms with Crippen LogP contribution in [0, 0.1) is 0 Å². The van der Waals surface area contributed by atoms with E-state index < -0.39 is 11.8 Å². The Balaban J connectivity index is 1.58. The quantitative estimate of drug-likeness (QED) is 0.635. The molecule has 2 aromatic carbocycles. The lowest BCUT2D eigenvalue weighted by atomic mass is 9.96. The van der Waals surface area contributed by atoms with Gasteiger partial charge in [0.1, 0.15) is 17.5 Å². The van der Waals surface area contributed by atoms with Crippen LogP contribution in [0.15, 0.2) is 48.5 Å². The molecule has 36 heavy (non-hydrogen) atoms. The first-order valence-electron chi connectivity index (χ1n) is 12.2. The molecule has 2 aliphatic heterocycles. The molecule has 9 heteroatoms. The number of carbonyl (C=O) groups excluding carboxylic acids is 3. The lowest BCUT2D eigenvalue weighted by Crippen LogP contribution is -2.60. The molecular formula is C27H32ClN3O5. The number of rotatable bonds is 6. The highest BCUT2D eigenvalue weighted by Gasteiger charge is 2.54. The van der Waals surface area contributed by atoms with Crippen LogP contribution in [0.1, 0.15) is 53.8 Å². The number of methoxy groups -OCH3 is 1. The van der Waals surface area contributed by atoms with E-state index in [0.29, 0.717) is 47.8 Å². The van der Waals surface area contributed by atoms with Gasteiger partial charge in [0.05, 0.1) is 13.7 Å². The third-order valence-electron chi connectivity index (χ3n) is 7.02. The molecule has 1 N–H and O–H groups in total. The van der Waals surface area contributed by atoms with Crippen LogP contribution in [0.3, 0.4) is 0 Å². The smallest absolute Gasteiger partial charge is 0.256 e. The van der Waals surface area contributed by atoms with Crippen LogP contribution in [-0.2, 0) is 9.53 Å². The molecule has 192 valence electrons. The molecule has 2 fully saturated rings. The maximum atomic E-state index is 13.8. The number of carbonyl (C=O) groups is 3. The fraction of sp³-hybridized carbons (Fsp3) is 0.444. The summed E-state index contributed by atoms with van der Waals surface area (Å²) in [6.07, 6.45) is 1.57. The summed E-state index contributed by atoms with van der Waals surface area (Å²) in [5.41, 5.74) is -0.0123. The lowest BCUT2D eigenvalue weighted by Gasteiger charge is -2.44. The number of amides is 3. The molecule has 1 spiro atoms. The van der Waals surface area contributed by atoms with Crippen molar-refractivity contribution in [1.29, 1.82) is 0 Å². The van der Waals surface area contributed by atoms with Crippen LogP contribution >= 0.6 is 11.6 Å². The monoisotopic (exact) mass is 513 g/mol. The zero-order valence-corrected chi connectivity index (χ0v) is 21.6. The van der Waals surface area contributed by atoms with Crippen LogP contribution in [0.5, 0.6) is 5.75 Å². The third kappa shape index (κ3) is 5.20. The summed E-state index contributed by atoms with van der Waals surface area (Å²) < 4.78 is 11.5. The van der Waals surface area contributed by atoms with Crippen molar-refractivity contribution in [3.63, 3.8) is 0 Å². The molecule has 0 radical (unpaired) electrons. The van der Waals surface area contributed by atoms with Gasteiger partial charge in [0.15, 0.2) is 0 Å². The van der Waals surface area contributed by atoms with Gasteiger partial charge in [-0.25, -0.2) is 0 Å². The highest BCUT2D eigenvalue weighted by Crippen LogP contribution is 2.39. The number of hydrogen-bond acceptors (Lipinski definition) is 5. The molecule has 2 aromatic rings. The van der Waals surface area contributed by atoms with E-state index in [2.05, 4.69) is 5.32 Å². The zero-order valence-electron chi connectivity index (χ0n) is 20.8. The van der Waals surface area contributed by atoms with Gasteiger partial charge in [-0.3, -0.25) is 19.3 Å². The molecule has 0 unspecified atom stereocenters. The Morgan fingerprint density at radius 2 is 1.81 bits per heavy atom. The van der Waals surface area contributed by atoms with Gasteiger partial charge in [0.25, 0.3) is 11.8 Å². The molecule has 4 rings (SSSR count). The summed E-state index contributed by atoms with van der Waals surface area (Å²) in [7, 11) is 1.56. The minimum atomic E-state index is -0.973. The molecule has 2 heterocycles. The molecule has 0 saturated carbocycles. The molecule has 2 aliphatic rings. The second kappa shape index (κ2) is 10.9. The first-order valence-corrected chi connectivity index (χ1v) is 12.6. The fourth-order valence-corrected chi connectivity index (χ4v) is 4.93. The van der Waals surface area contributed by atoms with E-state index in [4.69, 9.17) is 21.1 Å². The Hall–Kier alpha value is -3.10. The number of piperidine rings is 1. The molecule has 3 amide bonds. The van der Waals surface area contributed by atoms with Gasteiger partial charge in [-0.2, -0.15) is 0 Å². The summed E-state index contributed by atoms with van der Waals surface area (Å²) in [5.74, 6) is -0.00290. The highest BCUT2D eigenvalue weighted by molar-refractivity contribution is 6.30. The number of benzene rings is 2. The van der Waals surface area contributed by atoms with Crippen LogP contribution < -0.4 is 10.1 Å². The maximum Gasteiger partial charge on any atom is 0.256 e. The molecule has 8 nitrogen and oxygen atoms in total. The predicted molar refractivity (Wildman–Crippen MR) is 136 cm³/mol. The SMILES string of the molecule is CC[C@@H](C)NC(=O)[C@@H]1COC2(CCN(C(=O)c3cccc(Cl)c3)CC2)N1C(=O)c1ccc(OC)cc1. The van der Waals surface area contributed by atoms with E-state index in [1.54, 1.807) is 65.4 Å². The van der Waals surface area contributed by atoms with E-state index in [1.165, 1.54) is 0 Å². The molecule has 2 saturated heterocycles. The average molecular weight is 514 g/mol. The summed E-state index contributed by atoms with van der Waals surface area (Å²) in [4.78, 5) is 43.4. The average Bonchev–Trinajstić information content (AvgIpc) is 3.26. The first-order chi connectivity index (χ1) is 17.3. The number of ether oxygens (including phenoxy) is 2. The largest absolute Gasteiger partial charge is 0.497 e. The van der Waals surface area contributed by atoms with Crippen LogP contribution in [0.4, 0.5) is 0 Å². The van der Waals surface area contributed by atoms with Crippen LogP contribution in [-0.4, -0.2) is 72.1 Å². The van der Waals surface area contributed by atoms with Crippen molar-refractivity contribution in [2.45, 2.75) is 50.9 Å². The van der Waals surface area contributed by atoms with Gasteiger partial charge in [-0.05, 0) is 55.8 Å². The first kappa shape index (κ1) is 26.0. The van der Waals surface area contributed by atoms with Crippen molar-refractivity contribution < 1.29 is 23.9 Å². The number of nitrogens with zero attached hydrogens (tertiary/aromatic N) is 2. The molecule has 2 atom stereocenters. The Morgan fingerprint density at radius 3 is 2.42 bits per heavy atom.